The zero-order chi connectivity index (χ0) is 23.8. The first-order valence-electron chi connectivity index (χ1n) is 12.8. The molecule has 2 heterocycles. The molecule has 6 rings (SSSR count). The Morgan fingerprint density at radius 3 is 2.56 bits per heavy atom. The highest BCUT2D eigenvalue weighted by atomic mass is 16.5. The van der Waals surface area contributed by atoms with Crippen LogP contribution in [-0.4, -0.2) is 4.98 Å². The number of benzene rings is 3. The van der Waals surface area contributed by atoms with Crippen LogP contribution in [0, 0.1) is 19.3 Å². The van der Waals surface area contributed by atoms with Crippen LogP contribution in [0.5, 0.6) is 11.6 Å². The summed E-state index contributed by atoms with van der Waals surface area (Å²) in [6.07, 6.45) is 6.18. The fourth-order valence-electron chi connectivity index (χ4n) is 6.27. The zero-order valence-electron chi connectivity index (χ0n) is 21.4. The lowest BCUT2D eigenvalue weighted by Gasteiger charge is -2.24. The van der Waals surface area contributed by atoms with Gasteiger partial charge in [-0.2, -0.15) is 4.57 Å². The van der Waals surface area contributed by atoms with Gasteiger partial charge in [0.1, 0.15) is 18.3 Å². The Labute approximate surface area is 202 Å². The molecule has 2 aliphatic rings. The fourth-order valence-corrected chi connectivity index (χ4v) is 6.27. The molecule has 3 heteroatoms. The average Bonchev–Trinajstić information content (AvgIpc) is 3.30. The number of hydrogen-bond acceptors (Lipinski definition) is 2. The van der Waals surface area contributed by atoms with E-state index >= 15 is 0 Å². The Kier molecular flexibility index (Phi) is 4.78. The van der Waals surface area contributed by atoms with Crippen molar-refractivity contribution in [1.82, 2.24) is 4.98 Å². The maximum atomic E-state index is 6.67. The number of fused-ring (bicyclic) bond motifs is 3. The Morgan fingerprint density at radius 1 is 1.06 bits per heavy atom. The van der Waals surface area contributed by atoms with Crippen LogP contribution in [-0.2, 0) is 13.5 Å². The number of aromatic nitrogens is 2. The summed E-state index contributed by atoms with van der Waals surface area (Å²) in [5, 5.41) is 2.48. The Balaban J connectivity index is 1.65. The van der Waals surface area contributed by atoms with Crippen molar-refractivity contribution in [2.75, 3.05) is 0 Å². The summed E-state index contributed by atoms with van der Waals surface area (Å²) in [4.78, 5) is 5.24. The highest BCUT2D eigenvalue weighted by molar-refractivity contribution is 6.05. The number of ether oxygens (including phenoxy) is 1. The smallest absolute Gasteiger partial charge is 0.294 e. The van der Waals surface area contributed by atoms with E-state index in [1.54, 1.807) is 0 Å². The molecule has 0 saturated heterocycles. The molecule has 34 heavy (non-hydrogen) atoms. The van der Waals surface area contributed by atoms with Crippen LogP contribution in [0.4, 0.5) is 0 Å². The SMILES string of the molecule is Cc1cc2cc(CC(C)(C)C)cc3c2c(c1C)-c1c(nc2c(C4CCCC4)cccc2[n+]1C)O3. The average molecular weight is 452 g/mol. The lowest BCUT2D eigenvalue weighted by Crippen LogP contribution is -2.34. The lowest BCUT2D eigenvalue weighted by atomic mass is 9.85. The molecule has 1 aliphatic carbocycles. The van der Waals surface area contributed by atoms with Gasteiger partial charge in [-0.3, -0.25) is 0 Å². The molecule has 1 saturated carbocycles. The summed E-state index contributed by atoms with van der Waals surface area (Å²) in [7, 11) is 2.18. The third-order valence-corrected chi connectivity index (χ3v) is 7.91. The van der Waals surface area contributed by atoms with Gasteiger partial charge < -0.3 is 4.74 Å². The van der Waals surface area contributed by atoms with Crippen LogP contribution in [0.25, 0.3) is 33.1 Å². The van der Waals surface area contributed by atoms with Gasteiger partial charge in [-0.25, -0.2) is 4.98 Å². The molecule has 0 unspecified atom stereocenters. The maximum absolute atomic E-state index is 6.67. The molecule has 0 atom stereocenters. The van der Waals surface area contributed by atoms with Gasteiger partial charge in [-0.15, -0.1) is 0 Å². The van der Waals surface area contributed by atoms with Crippen LogP contribution < -0.4 is 9.30 Å². The summed E-state index contributed by atoms with van der Waals surface area (Å²) in [6.45, 7) is 11.4. The van der Waals surface area contributed by atoms with Crippen LogP contribution >= 0.6 is 0 Å². The van der Waals surface area contributed by atoms with E-state index in [2.05, 4.69) is 82.6 Å². The molecule has 0 amide bonds. The molecule has 1 aromatic heterocycles. The summed E-state index contributed by atoms with van der Waals surface area (Å²) in [5.41, 5.74) is 10.2. The third-order valence-electron chi connectivity index (χ3n) is 7.91. The maximum Gasteiger partial charge on any atom is 0.294 e. The molecule has 1 aliphatic heterocycles. The molecule has 0 bridgehead atoms. The molecule has 3 nitrogen and oxygen atoms in total. The predicted molar refractivity (Wildman–Crippen MR) is 140 cm³/mol. The molecule has 0 N–H and O–H groups in total. The fraction of sp³-hybridized carbons (Fsp3) is 0.419. The topological polar surface area (TPSA) is 26.0 Å². The Morgan fingerprint density at radius 2 is 1.82 bits per heavy atom. The van der Waals surface area contributed by atoms with E-state index in [0.29, 0.717) is 5.92 Å². The van der Waals surface area contributed by atoms with Crippen LogP contribution in [0.2, 0.25) is 0 Å². The van der Waals surface area contributed by atoms with Gasteiger partial charge in [0.25, 0.3) is 11.6 Å². The number of rotatable bonds is 2. The van der Waals surface area contributed by atoms with Crippen LogP contribution in [0.3, 0.4) is 0 Å². The second-order valence-corrected chi connectivity index (χ2v) is 11.7. The minimum Gasteiger partial charge on any atom is -0.433 e. The molecule has 0 radical (unpaired) electrons. The van der Waals surface area contributed by atoms with Crippen molar-refractivity contribution in [2.24, 2.45) is 12.5 Å². The van der Waals surface area contributed by atoms with Gasteiger partial charge >= 0.3 is 0 Å². The van der Waals surface area contributed by atoms with E-state index in [9.17, 15) is 0 Å². The molecule has 4 aromatic rings. The predicted octanol–water partition coefficient (Wildman–Crippen LogP) is 7.85. The highest BCUT2D eigenvalue weighted by Gasteiger charge is 2.34. The number of aryl methyl sites for hydroxylation is 2. The standard InChI is InChI=1S/C31H35N2O/c1-18-14-22-15-20(17-31(3,4)5)16-25-27(22)26(19(18)2)29-30(34-25)32-28-23(21-10-7-8-11-21)12-9-13-24(28)33(29)6/h9,12-16,21H,7-8,10-11,17H2,1-6H3/q+1. The zero-order valence-corrected chi connectivity index (χ0v) is 21.4. The van der Waals surface area contributed by atoms with E-state index in [-0.39, 0.29) is 5.41 Å². The summed E-state index contributed by atoms with van der Waals surface area (Å²) in [5.74, 6) is 2.30. The molecular weight excluding hydrogens is 416 g/mol. The van der Waals surface area contributed by atoms with Gasteiger partial charge in [-0.1, -0.05) is 57.9 Å². The van der Waals surface area contributed by atoms with Crippen LogP contribution in [0.15, 0.2) is 36.4 Å². The minimum absolute atomic E-state index is 0.215. The van der Waals surface area contributed by atoms with Crippen molar-refractivity contribution in [2.45, 2.75) is 72.6 Å². The third kappa shape index (κ3) is 3.32. The molecule has 1 fully saturated rings. The molecular formula is C31H35N2O+. The Hall–Kier alpha value is -2.94. The minimum atomic E-state index is 0.215. The Bertz CT molecular complexity index is 1470. The first kappa shape index (κ1) is 21.6. The number of para-hydroxylation sites is 1. The van der Waals surface area contributed by atoms with E-state index in [1.807, 2.05) is 0 Å². The number of nitrogens with zero attached hydrogens (tertiary/aromatic N) is 2. The quantitative estimate of drug-likeness (QED) is 0.255. The monoisotopic (exact) mass is 451 g/mol. The summed E-state index contributed by atoms with van der Waals surface area (Å²) >= 11 is 0. The van der Waals surface area contributed by atoms with Crippen molar-refractivity contribution in [3.05, 3.63) is 58.7 Å². The number of hydrogen-bond donors (Lipinski definition) is 0. The lowest BCUT2D eigenvalue weighted by molar-refractivity contribution is -0.634. The second kappa shape index (κ2) is 7.53. The van der Waals surface area contributed by atoms with Gasteiger partial charge in [0.2, 0.25) is 5.52 Å². The van der Waals surface area contributed by atoms with E-state index in [0.717, 1.165) is 29.3 Å². The molecule has 0 spiro atoms. The van der Waals surface area contributed by atoms with Crippen molar-refractivity contribution in [3.63, 3.8) is 0 Å². The largest absolute Gasteiger partial charge is 0.433 e. The molecule has 174 valence electrons. The van der Waals surface area contributed by atoms with Crippen LogP contribution in [0.1, 0.15) is 74.6 Å². The van der Waals surface area contributed by atoms with Gasteiger partial charge in [0, 0.05) is 11.5 Å². The van der Waals surface area contributed by atoms with Gasteiger partial charge in [-0.05, 0) is 78.1 Å². The van der Waals surface area contributed by atoms with Crippen molar-refractivity contribution < 1.29 is 9.30 Å². The summed E-state index contributed by atoms with van der Waals surface area (Å²) in [6, 6.07) is 13.6. The highest BCUT2D eigenvalue weighted by Crippen LogP contribution is 2.48. The van der Waals surface area contributed by atoms with E-state index in [1.165, 1.54) is 69.8 Å². The van der Waals surface area contributed by atoms with Crippen molar-refractivity contribution in [3.8, 4) is 22.9 Å². The van der Waals surface area contributed by atoms with Crippen molar-refractivity contribution >= 4 is 21.8 Å². The second-order valence-electron chi connectivity index (χ2n) is 11.7. The summed E-state index contributed by atoms with van der Waals surface area (Å²) < 4.78 is 9.00. The molecule has 3 aromatic carbocycles. The first-order chi connectivity index (χ1) is 16.2. The van der Waals surface area contributed by atoms with Crippen molar-refractivity contribution in [1.29, 1.82) is 0 Å². The van der Waals surface area contributed by atoms with Gasteiger partial charge in [0.05, 0.1) is 5.56 Å². The normalized spacial score (nSPS) is 15.7. The van der Waals surface area contributed by atoms with Gasteiger partial charge in [0.15, 0.2) is 0 Å². The van der Waals surface area contributed by atoms with E-state index in [4.69, 9.17) is 9.72 Å². The first-order valence-corrected chi connectivity index (χ1v) is 12.8. The van der Waals surface area contributed by atoms with E-state index < -0.39 is 0 Å².